The number of nitrogens with zero attached hydrogens (tertiary/aromatic N) is 3. The van der Waals surface area contributed by atoms with Crippen molar-refractivity contribution < 1.29 is 4.92 Å². The van der Waals surface area contributed by atoms with Crippen molar-refractivity contribution in [2.45, 2.75) is 6.54 Å². The van der Waals surface area contributed by atoms with Gasteiger partial charge in [0, 0.05) is 35.9 Å². The first kappa shape index (κ1) is 16.6. The number of non-ortho nitro benzene ring substituents is 1. The van der Waals surface area contributed by atoms with Gasteiger partial charge in [-0.25, -0.2) is 0 Å². The summed E-state index contributed by atoms with van der Waals surface area (Å²) in [7, 11) is 0. The van der Waals surface area contributed by atoms with E-state index in [1.165, 1.54) is 12.1 Å². The van der Waals surface area contributed by atoms with Crippen LogP contribution in [0.15, 0.2) is 67.0 Å². The number of nitrogens with one attached hydrogen (secondary N) is 2. The van der Waals surface area contributed by atoms with Crippen molar-refractivity contribution in [2.75, 3.05) is 10.6 Å². The van der Waals surface area contributed by atoms with Crippen molar-refractivity contribution in [2.24, 2.45) is 0 Å². The maximum Gasteiger partial charge on any atom is 0.271 e. The van der Waals surface area contributed by atoms with E-state index in [-0.39, 0.29) is 5.69 Å². The Morgan fingerprint density at radius 3 is 2.56 bits per heavy atom. The molecule has 0 spiro atoms. The highest BCUT2D eigenvalue weighted by molar-refractivity contribution is 7.80. The Balaban J connectivity index is 1.59. The Morgan fingerprint density at radius 2 is 1.88 bits per heavy atom. The van der Waals surface area contributed by atoms with Gasteiger partial charge in [-0.2, -0.15) is 5.10 Å². The van der Waals surface area contributed by atoms with Crippen LogP contribution in [0.3, 0.4) is 0 Å². The summed E-state index contributed by atoms with van der Waals surface area (Å²) in [5, 5.41) is 21.3. The van der Waals surface area contributed by atoms with Gasteiger partial charge in [0.05, 0.1) is 11.5 Å². The summed E-state index contributed by atoms with van der Waals surface area (Å²) in [6.45, 7) is 0.698. The zero-order chi connectivity index (χ0) is 17.6. The number of nitro groups is 1. The molecule has 0 bridgehead atoms. The van der Waals surface area contributed by atoms with Gasteiger partial charge < -0.3 is 10.6 Å². The minimum absolute atomic E-state index is 0.00998. The lowest BCUT2D eigenvalue weighted by Gasteiger charge is -2.11. The Labute approximate surface area is 149 Å². The van der Waals surface area contributed by atoms with Crippen molar-refractivity contribution in [3.05, 3.63) is 82.7 Å². The second kappa shape index (κ2) is 7.54. The lowest BCUT2D eigenvalue weighted by atomic mass is 10.2. The molecule has 0 unspecified atom stereocenters. The number of aromatic nitrogens is 2. The maximum atomic E-state index is 10.8. The van der Waals surface area contributed by atoms with E-state index in [9.17, 15) is 10.1 Å². The Bertz CT molecular complexity index is 878. The summed E-state index contributed by atoms with van der Waals surface area (Å²) < 4.78 is 1.84. The van der Waals surface area contributed by atoms with E-state index in [1.54, 1.807) is 18.3 Å². The van der Waals surface area contributed by atoms with Crippen LogP contribution in [0, 0.1) is 10.1 Å². The normalized spacial score (nSPS) is 10.2. The second-order valence-electron chi connectivity index (χ2n) is 5.29. The molecule has 1 aromatic heterocycles. The maximum absolute atomic E-state index is 10.8. The highest BCUT2D eigenvalue weighted by Crippen LogP contribution is 2.17. The number of rotatable bonds is 5. The summed E-state index contributed by atoms with van der Waals surface area (Å²) in [5.41, 5.74) is 2.51. The first-order valence-electron chi connectivity index (χ1n) is 7.49. The second-order valence-corrected chi connectivity index (χ2v) is 5.70. The summed E-state index contributed by atoms with van der Waals surface area (Å²) >= 11 is 5.25. The summed E-state index contributed by atoms with van der Waals surface area (Å²) in [6, 6.07) is 15.9. The van der Waals surface area contributed by atoms with Gasteiger partial charge in [0.1, 0.15) is 0 Å². The van der Waals surface area contributed by atoms with E-state index in [1.807, 2.05) is 41.2 Å². The van der Waals surface area contributed by atoms with Crippen molar-refractivity contribution in [1.82, 2.24) is 9.78 Å². The van der Waals surface area contributed by atoms with Gasteiger partial charge in [-0.3, -0.25) is 14.8 Å². The first-order valence-corrected chi connectivity index (χ1v) is 7.90. The number of hydrogen-bond acceptors (Lipinski definition) is 4. The highest BCUT2D eigenvalue weighted by Gasteiger charge is 2.06. The molecule has 0 aliphatic heterocycles. The van der Waals surface area contributed by atoms with Gasteiger partial charge in [0.25, 0.3) is 5.69 Å². The third-order valence-electron chi connectivity index (χ3n) is 3.43. The minimum Gasteiger partial charge on any atom is -0.332 e. The molecule has 2 N–H and O–H groups in total. The van der Waals surface area contributed by atoms with Crippen LogP contribution in [0.2, 0.25) is 0 Å². The number of hydrogen-bond donors (Lipinski definition) is 2. The summed E-state index contributed by atoms with van der Waals surface area (Å²) in [6.07, 6.45) is 3.65. The fourth-order valence-electron chi connectivity index (χ4n) is 2.27. The molecule has 3 aromatic rings. The number of anilines is 2. The molecule has 0 saturated carbocycles. The number of nitro benzene ring substituents is 1. The fourth-order valence-corrected chi connectivity index (χ4v) is 2.50. The molecular formula is C17H15N5O2S. The van der Waals surface area contributed by atoms with Crippen LogP contribution in [-0.4, -0.2) is 19.8 Å². The predicted molar refractivity (Wildman–Crippen MR) is 101 cm³/mol. The molecule has 1 heterocycles. The Morgan fingerprint density at radius 1 is 1.12 bits per heavy atom. The van der Waals surface area contributed by atoms with Gasteiger partial charge in [-0.15, -0.1) is 0 Å². The minimum atomic E-state index is -0.444. The van der Waals surface area contributed by atoms with Crippen molar-refractivity contribution in [3.63, 3.8) is 0 Å². The lowest BCUT2D eigenvalue weighted by molar-refractivity contribution is -0.384. The smallest absolute Gasteiger partial charge is 0.271 e. The van der Waals surface area contributed by atoms with Gasteiger partial charge in [-0.1, -0.05) is 18.2 Å². The molecule has 0 aliphatic rings. The molecule has 25 heavy (non-hydrogen) atoms. The van der Waals surface area contributed by atoms with E-state index in [0.717, 1.165) is 11.3 Å². The predicted octanol–water partition coefficient (Wildman–Crippen LogP) is 3.65. The molecule has 2 aromatic carbocycles. The molecular weight excluding hydrogens is 338 g/mol. The van der Waals surface area contributed by atoms with Gasteiger partial charge in [0.2, 0.25) is 0 Å². The molecule has 0 atom stereocenters. The third kappa shape index (κ3) is 4.61. The standard InChI is InChI=1S/C17H15N5O2S/c23-22(24)16-4-1-3-15(11-16)20-17(25)19-14-7-5-13(6-8-14)12-21-10-2-9-18-21/h1-11H,12H2,(H2,19,20,25). The SMILES string of the molecule is O=[N+]([O-])c1cccc(NC(=S)Nc2ccc(Cn3cccn3)cc2)c1. The number of thiocarbonyl (C=S) groups is 1. The van der Waals surface area contributed by atoms with Crippen LogP contribution in [0.4, 0.5) is 17.1 Å². The van der Waals surface area contributed by atoms with Crippen LogP contribution in [0.25, 0.3) is 0 Å². The quantitative estimate of drug-likeness (QED) is 0.414. The zero-order valence-electron chi connectivity index (χ0n) is 13.1. The molecule has 0 amide bonds. The van der Waals surface area contributed by atoms with E-state index in [2.05, 4.69) is 15.7 Å². The van der Waals surface area contributed by atoms with E-state index in [0.29, 0.717) is 17.3 Å². The molecule has 8 heteroatoms. The molecule has 3 rings (SSSR count). The van der Waals surface area contributed by atoms with Crippen molar-refractivity contribution >= 4 is 34.4 Å². The van der Waals surface area contributed by atoms with Gasteiger partial charge in [-0.05, 0) is 42.0 Å². The van der Waals surface area contributed by atoms with Crippen LogP contribution in [0.5, 0.6) is 0 Å². The fraction of sp³-hybridized carbons (Fsp3) is 0.0588. The summed E-state index contributed by atoms with van der Waals surface area (Å²) in [5.74, 6) is 0. The van der Waals surface area contributed by atoms with Crippen molar-refractivity contribution in [1.29, 1.82) is 0 Å². The van der Waals surface area contributed by atoms with Gasteiger partial charge >= 0.3 is 0 Å². The van der Waals surface area contributed by atoms with E-state index in [4.69, 9.17) is 12.2 Å². The van der Waals surface area contributed by atoms with Gasteiger partial charge in [0.15, 0.2) is 5.11 Å². The monoisotopic (exact) mass is 353 g/mol. The van der Waals surface area contributed by atoms with Crippen LogP contribution in [0.1, 0.15) is 5.56 Å². The van der Waals surface area contributed by atoms with Crippen LogP contribution < -0.4 is 10.6 Å². The number of benzene rings is 2. The molecule has 0 saturated heterocycles. The molecule has 126 valence electrons. The average Bonchev–Trinajstić information content (AvgIpc) is 3.10. The third-order valence-corrected chi connectivity index (χ3v) is 3.63. The topological polar surface area (TPSA) is 85.0 Å². The Kier molecular flexibility index (Phi) is 5.00. The highest BCUT2D eigenvalue weighted by atomic mass is 32.1. The van der Waals surface area contributed by atoms with Crippen molar-refractivity contribution in [3.8, 4) is 0 Å². The molecule has 0 radical (unpaired) electrons. The largest absolute Gasteiger partial charge is 0.332 e. The molecule has 7 nitrogen and oxygen atoms in total. The molecule has 0 aliphatic carbocycles. The average molecular weight is 353 g/mol. The first-order chi connectivity index (χ1) is 12.1. The Hall–Kier alpha value is -3.26. The summed E-state index contributed by atoms with van der Waals surface area (Å²) in [4.78, 5) is 10.4. The van der Waals surface area contributed by atoms with Crippen LogP contribution >= 0.6 is 12.2 Å². The zero-order valence-corrected chi connectivity index (χ0v) is 13.9. The van der Waals surface area contributed by atoms with E-state index >= 15 is 0 Å². The van der Waals surface area contributed by atoms with E-state index < -0.39 is 4.92 Å². The lowest BCUT2D eigenvalue weighted by Crippen LogP contribution is -2.19. The molecule has 0 fully saturated rings. The van der Waals surface area contributed by atoms with Crippen LogP contribution in [-0.2, 0) is 6.54 Å².